The predicted octanol–water partition coefficient (Wildman–Crippen LogP) is 6.76. The largest absolute Gasteiger partial charge is 0.257 e. The molecule has 3 aromatic rings. The lowest BCUT2D eigenvalue weighted by atomic mass is 10.1. The van der Waals surface area contributed by atoms with Gasteiger partial charge in [0.2, 0.25) is 0 Å². The molecule has 1 aliphatic rings. The molecule has 0 atom stereocenters. The minimum Gasteiger partial charge on any atom is -0.229 e. The molecule has 4 rings (SSSR count). The summed E-state index contributed by atoms with van der Waals surface area (Å²) in [6.45, 7) is 1.80. The number of rotatable bonds is 3. The molecule has 0 fully saturated rings. The maximum Gasteiger partial charge on any atom is 0.257 e. The van der Waals surface area contributed by atoms with E-state index in [2.05, 4.69) is 27.5 Å². The van der Waals surface area contributed by atoms with Crippen LogP contribution >= 0.6 is 51.8 Å². The molecule has 1 aromatic heterocycles. The number of nitrogens with zero attached hydrogens (tertiary/aromatic N) is 2. The lowest BCUT2D eigenvalue weighted by molar-refractivity contribution is -0.695. The fourth-order valence-electron chi connectivity index (χ4n) is 3.67. The first-order chi connectivity index (χ1) is 12.6. The van der Waals surface area contributed by atoms with Gasteiger partial charge in [0.25, 0.3) is 5.82 Å². The van der Waals surface area contributed by atoms with E-state index in [0.29, 0.717) is 10.0 Å². The van der Waals surface area contributed by atoms with E-state index >= 15 is 0 Å². The van der Waals surface area contributed by atoms with Crippen molar-refractivity contribution in [2.75, 3.05) is 0 Å². The van der Waals surface area contributed by atoms with E-state index < -0.39 is 0 Å². The first kappa shape index (κ1) is 20.7. The highest BCUT2D eigenvalue weighted by atomic mass is 79.9. The average molecular weight is 488 g/mol. The van der Waals surface area contributed by atoms with Crippen molar-refractivity contribution in [3.8, 4) is 11.3 Å². The molecule has 0 amide bonds. The maximum absolute atomic E-state index is 6.42. The molecule has 0 bridgehead atoms. The van der Waals surface area contributed by atoms with Gasteiger partial charge in [-0.15, -0.1) is 17.0 Å². The fourth-order valence-corrected chi connectivity index (χ4v) is 4.26. The lowest BCUT2D eigenvalue weighted by Crippen LogP contribution is -2.37. The van der Waals surface area contributed by atoms with Crippen LogP contribution in [0.5, 0.6) is 0 Å². The van der Waals surface area contributed by atoms with Gasteiger partial charge >= 0.3 is 0 Å². The molecule has 0 saturated heterocycles. The van der Waals surface area contributed by atoms with Crippen molar-refractivity contribution in [3.63, 3.8) is 0 Å². The van der Waals surface area contributed by atoms with Gasteiger partial charge in [-0.1, -0.05) is 40.9 Å². The summed E-state index contributed by atoms with van der Waals surface area (Å²) < 4.78 is 4.80. The van der Waals surface area contributed by atoms with Crippen LogP contribution in [0.2, 0.25) is 15.1 Å². The third kappa shape index (κ3) is 4.54. The minimum absolute atomic E-state index is 0. The third-order valence-corrected chi connectivity index (χ3v) is 5.83. The lowest BCUT2D eigenvalue weighted by Gasteiger charge is -2.05. The number of hydrogen-bond donors (Lipinski definition) is 0. The topological polar surface area (TPSA) is 8.81 Å². The Morgan fingerprint density at radius 2 is 1.63 bits per heavy atom. The molecule has 0 saturated carbocycles. The fraction of sp³-hybridized carbons (Fsp3) is 0.286. The van der Waals surface area contributed by atoms with E-state index in [-0.39, 0.29) is 17.0 Å². The molecule has 2 heterocycles. The Morgan fingerprint density at radius 1 is 0.889 bits per heavy atom. The second-order valence-electron chi connectivity index (χ2n) is 6.76. The highest BCUT2D eigenvalue weighted by molar-refractivity contribution is 8.93. The molecule has 0 aliphatic carbocycles. The Kier molecular flexibility index (Phi) is 6.91. The highest BCUT2D eigenvalue weighted by Gasteiger charge is 2.26. The molecule has 0 spiro atoms. The zero-order valence-corrected chi connectivity index (χ0v) is 18.8. The van der Waals surface area contributed by atoms with Gasteiger partial charge in [0, 0.05) is 32.6 Å². The Labute approximate surface area is 185 Å². The van der Waals surface area contributed by atoms with E-state index in [0.717, 1.165) is 30.1 Å². The van der Waals surface area contributed by atoms with Gasteiger partial charge in [-0.25, -0.2) is 9.13 Å². The van der Waals surface area contributed by atoms with Crippen molar-refractivity contribution in [1.82, 2.24) is 4.57 Å². The first-order valence-electron chi connectivity index (χ1n) is 8.93. The Balaban J connectivity index is 0.00000210. The molecule has 2 aromatic carbocycles. The molecule has 27 heavy (non-hydrogen) atoms. The van der Waals surface area contributed by atoms with Crippen molar-refractivity contribution in [1.29, 1.82) is 0 Å². The van der Waals surface area contributed by atoms with Gasteiger partial charge in [0.1, 0.15) is 12.7 Å². The number of aromatic nitrogens is 2. The van der Waals surface area contributed by atoms with Crippen LogP contribution in [0.3, 0.4) is 0 Å². The van der Waals surface area contributed by atoms with Crippen LogP contribution in [-0.2, 0) is 19.5 Å². The summed E-state index contributed by atoms with van der Waals surface area (Å²) in [5, 5.41) is 2.14. The van der Waals surface area contributed by atoms with Crippen LogP contribution in [0.15, 0.2) is 48.7 Å². The standard InChI is InChI=1S/C21H20Cl3N2.BrH/c22-17-8-5-15(6-9-17)20-14-25(21-4-2-1-3-11-26(20)21)13-16-7-10-18(23)12-19(16)24;/h5-10,12,14H,1-4,11,13H2;1H/q+1;. The van der Waals surface area contributed by atoms with Gasteiger partial charge in [-0.2, -0.15) is 0 Å². The van der Waals surface area contributed by atoms with Gasteiger partial charge in [0.05, 0.1) is 6.54 Å². The zero-order valence-electron chi connectivity index (χ0n) is 14.8. The van der Waals surface area contributed by atoms with Gasteiger partial charge < -0.3 is 0 Å². The number of fused-ring (bicyclic) bond motifs is 1. The number of benzene rings is 2. The Hall–Kier alpha value is -1.00. The van der Waals surface area contributed by atoms with Crippen molar-refractivity contribution >= 4 is 51.8 Å². The van der Waals surface area contributed by atoms with Crippen LogP contribution in [0, 0.1) is 0 Å². The summed E-state index contributed by atoms with van der Waals surface area (Å²) in [6, 6.07) is 13.8. The van der Waals surface area contributed by atoms with Gasteiger partial charge in [-0.3, -0.25) is 0 Å². The summed E-state index contributed by atoms with van der Waals surface area (Å²) in [7, 11) is 0. The number of hydrogen-bond acceptors (Lipinski definition) is 0. The smallest absolute Gasteiger partial charge is 0.229 e. The SMILES string of the molecule is Br.Clc1ccc(-c2c[n+](Cc3ccc(Cl)cc3Cl)c3n2CCCCC3)cc1. The van der Waals surface area contributed by atoms with Crippen molar-refractivity contribution < 1.29 is 4.57 Å². The number of imidazole rings is 1. The van der Waals surface area contributed by atoms with Gasteiger partial charge in [-0.05, 0) is 55.7 Å². The van der Waals surface area contributed by atoms with Gasteiger partial charge in [0.15, 0.2) is 5.69 Å². The molecule has 1 aliphatic heterocycles. The van der Waals surface area contributed by atoms with Crippen molar-refractivity contribution in [2.45, 2.75) is 38.8 Å². The average Bonchev–Trinajstić information content (AvgIpc) is 2.80. The summed E-state index contributed by atoms with van der Waals surface area (Å²) in [4.78, 5) is 0. The summed E-state index contributed by atoms with van der Waals surface area (Å²) in [6.07, 6.45) is 7.03. The normalized spacial score (nSPS) is 13.6. The molecular weight excluding hydrogens is 467 g/mol. The maximum atomic E-state index is 6.42. The van der Waals surface area contributed by atoms with Crippen molar-refractivity contribution in [3.05, 3.63) is 75.1 Å². The molecule has 2 nitrogen and oxygen atoms in total. The molecule has 0 radical (unpaired) electrons. The Bertz CT molecular complexity index is 935. The van der Waals surface area contributed by atoms with Crippen LogP contribution in [0.1, 0.15) is 30.7 Å². The summed E-state index contributed by atoms with van der Waals surface area (Å²) in [5.74, 6) is 1.36. The molecule has 142 valence electrons. The highest BCUT2D eigenvalue weighted by Crippen LogP contribution is 2.26. The molecule has 6 heteroatoms. The van der Waals surface area contributed by atoms with Crippen LogP contribution in [0.25, 0.3) is 11.3 Å². The first-order valence-corrected chi connectivity index (χ1v) is 10.1. The molecule has 0 N–H and O–H groups in total. The van der Waals surface area contributed by atoms with Crippen molar-refractivity contribution in [2.24, 2.45) is 0 Å². The van der Waals surface area contributed by atoms with E-state index in [1.807, 2.05) is 30.3 Å². The van der Waals surface area contributed by atoms with E-state index in [9.17, 15) is 0 Å². The van der Waals surface area contributed by atoms with Crippen LogP contribution < -0.4 is 4.57 Å². The second-order valence-corrected chi connectivity index (χ2v) is 8.04. The second kappa shape index (κ2) is 9.00. The van der Waals surface area contributed by atoms with Crippen LogP contribution in [-0.4, -0.2) is 4.57 Å². The van der Waals surface area contributed by atoms with E-state index in [1.54, 1.807) is 0 Å². The summed E-state index contributed by atoms with van der Waals surface area (Å²) in [5.41, 5.74) is 3.52. The quantitative estimate of drug-likeness (QED) is 0.361. The van der Waals surface area contributed by atoms with Crippen LogP contribution in [0.4, 0.5) is 0 Å². The van der Waals surface area contributed by atoms with E-state index in [1.165, 1.54) is 36.3 Å². The zero-order chi connectivity index (χ0) is 18.1. The summed E-state index contributed by atoms with van der Waals surface area (Å²) >= 11 is 18.5. The Morgan fingerprint density at radius 3 is 2.37 bits per heavy atom. The van der Waals surface area contributed by atoms with E-state index in [4.69, 9.17) is 34.8 Å². The number of halogens is 4. The third-order valence-electron chi connectivity index (χ3n) is 4.99. The molecular formula is C21H21BrCl3N2+. The monoisotopic (exact) mass is 485 g/mol. The predicted molar refractivity (Wildman–Crippen MR) is 119 cm³/mol. The minimum atomic E-state index is 0. The molecule has 0 unspecified atom stereocenters.